The van der Waals surface area contributed by atoms with Gasteiger partial charge >= 0.3 is 0 Å². The minimum absolute atomic E-state index is 0.00723. The van der Waals surface area contributed by atoms with Gasteiger partial charge in [0, 0.05) is 26.3 Å². The third-order valence-electron chi connectivity index (χ3n) is 4.25. The molecule has 0 saturated carbocycles. The van der Waals surface area contributed by atoms with E-state index in [4.69, 9.17) is 0 Å². The molecule has 3 rings (SSSR count). The van der Waals surface area contributed by atoms with E-state index in [9.17, 15) is 4.79 Å². The number of anilines is 1. The normalized spacial score (nSPS) is 10.9. The molecule has 5 nitrogen and oxygen atoms in total. The van der Waals surface area contributed by atoms with Crippen LogP contribution >= 0.6 is 11.8 Å². The van der Waals surface area contributed by atoms with Crippen molar-refractivity contribution >= 4 is 34.4 Å². The molecule has 1 amide bonds. The summed E-state index contributed by atoms with van der Waals surface area (Å²) < 4.78 is 2.01. The van der Waals surface area contributed by atoms with E-state index >= 15 is 0 Å². The number of rotatable bonds is 7. The molecule has 0 bridgehead atoms. The van der Waals surface area contributed by atoms with Gasteiger partial charge in [0.15, 0.2) is 0 Å². The quantitative estimate of drug-likeness (QED) is 0.695. The van der Waals surface area contributed by atoms with Gasteiger partial charge in [-0.1, -0.05) is 24.3 Å². The third kappa shape index (κ3) is 4.19. The minimum Gasteiger partial charge on any atom is -0.378 e. The highest BCUT2D eigenvalue weighted by atomic mass is 32.2. The number of hydrogen-bond acceptors (Lipinski definition) is 4. The number of amides is 1. The zero-order valence-electron chi connectivity index (χ0n) is 15.4. The van der Waals surface area contributed by atoms with Gasteiger partial charge in [0.25, 0.3) is 0 Å². The first-order valence-electron chi connectivity index (χ1n) is 8.54. The van der Waals surface area contributed by atoms with Crippen LogP contribution in [0.4, 0.5) is 5.69 Å². The fourth-order valence-corrected chi connectivity index (χ4v) is 3.33. The molecule has 0 spiro atoms. The predicted molar refractivity (Wildman–Crippen MR) is 110 cm³/mol. The maximum Gasteiger partial charge on any atom is 0.240 e. The maximum absolute atomic E-state index is 12.5. The number of hydrogen-bond donors (Lipinski definition) is 1. The molecule has 0 aliphatic heterocycles. The topological polar surface area (TPSA) is 50.2 Å². The van der Waals surface area contributed by atoms with E-state index < -0.39 is 0 Å². The van der Waals surface area contributed by atoms with Gasteiger partial charge in [-0.25, -0.2) is 4.98 Å². The molecule has 0 atom stereocenters. The van der Waals surface area contributed by atoms with Gasteiger partial charge in [0.05, 0.1) is 16.8 Å². The summed E-state index contributed by atoms with van der Waals surface area (Å²) in [4.78, 5) is 19.2. The Labute approximate surface area is 158 Å². The van der Waals surface area contributed by atoms with Crippen LogP contribution in [0.3, 0.4) is 0 Å². The molecule has 2 aromatic carbocycles. The number of nitrogens with one attached hydrogen (secondary N) is 1. The number of aromatic nitrogens is 2. The van der Waals surface area contributed by atoms with Crippen LogP contribution in [0.2, 0.25) is 0 Å². The zero-order chi connectivity index (χ0) is 18.5. The van der Waals surface area contributed by atoms with Crippen LogP contribution in [0.15, 0.2) is 48.5 Å². The monoisotopic (exact) mass is 368 g/mol. The zero-order valence-corrected chi connectivity index (χ0v) is 16.2. The molecule has 1 heterocycles. The van der Waals surface area contributed by atoms with Gasteiger partial charge in [-0.2, -0.15) is 11.8 Å². The summed E-state index contributed by atoms with van der Waals surface area (Å²) in [5.41, 5.74) is 4.17. The Kier molecular flexibility index (Phi) is 5.83. The Morgan fingerprint density at radius 1 is 1.15 bits per heavy atom. The highest BCUT2D eigenvalue weighted by Crippen LogP contribution is 2.19. The number of fused-ring (bicyclic) bond motifs is 1. The highest BCUT2D eigenvalue weighted by molar-refractivity contribution is 7.97. The number of benzene rings is 2. The smallest absolute Gasteiger partial charge is 0.240 e. The van der Waals surface area contributed by atoms with Crippen molar-refractivity contribution in [3.8, 4) is 0 Å². The van der Waals surface area contributed by atoms with Crippen molar-refractivity contribution in [1.29, 1.82) is 0 Å². The van der Waals surface area contributed by atoms with Gasteiger partial charge < -0.3 is 14.8 Å². The maximum atomic E-state index is 12.5. The molecule has 0 fully saturated rings. The van der Waals surface area contributed by atoms with E-state index in [2.05, 4.69) is 27.3 Å². The van der Waals surface area contributed by atoms with E-state index in [0.29, 0.717) is 6.54 Å². The Balaban J connectivity index is 1.68. The van der Waals surface area contributed by atoms with E-state index in [1.54, 1.807) is 11.8 Å². The molecule has 0 saturated heterocycles. The third-order valence-corrected chi connectivity index (χ3v) is 4.80. The van der Waals surface area contributed by atoms with Gasteiger partial charge in [-0.3, -0.25) is 4.79 Å². The van der Waals surface area contributed by atoms with Crippen LogP contribution in [-0.2, 0) is 23.6 Å². The summed E-state index contributed by atoms with van der Waals surface area (Å²) in [5.74, 6) is 1.71. The summed E-state index contributed by atoms with van der Waals surface area (Å²) in [6.45, 7) is 0.809. The molecule has 0 aliphatic carbocycles. The predicted octanol–water partition coefficient (Wildman–Crippen LogP) is 3.28. The average molecular weight is 369 g/mol. The molecule has 136 valence electrons. The van der Waals surface area contributed by atoms with Crippen molar-refractivity contribution in [3.63, 3.8) is 0 Å². The number of thioether (sulfide) groups is 1. The van der Waals surface area contributed by atoms with Crippen molar-refractivity contribution in [2.45, 2.75) is 18.8 Å². The molecular formula is C20H24N4OS. The SMILES string of the molecule is CSCc1nc2ccccc2n1CC(=O)NCc1ccc(N(C)C)cc1. The van der Waals surface area contributed by atoms with Gasteiger partial charge in [0.1, 0.15) is 12.4 Å². The molecule has 6 heteroatoms. The van der Waals surface area contributed by atoms with E-state index in [0.717, 1.165) is 33.9 Å². The summed E-state index contributed by atoms with van der Waals surface area (Å²) in [5, 5.41) is 3.01. The minimum atomic E-state index is -0.00723. The first-order chi connectivity index (χ1) is 12.6. The van der Waals surface area contributed by atoms with Crippen LogP contribution in [0.25, 0.3) is 11.0 Å². The number of carbonyl (C=O) groups excluding carboxylic acids is 1. The molecule has 3 aromatic rings. The number of para-hydroxylation sites is 2. The van der Waals surface area contributed by atoms with Gasteiger partial charge in [0.2, 0.25) is 5.91 Å². The Hall–Kier alpha value is -2.47. The van der Waals surface area contributed by atoms with Crippen LogP contribution < -0.4 is 10.2 Å². The van der Waals surface area contributed by atoms with E-state index in [-0.39, 0.29) is 12.5 Å². The molecule has 26 heavy (non-hydrogen) atoms. The largest absolute Gasteiger partial charge is 0.378 e. The van der Waals surface area contributed by atoms with Crippen molar-refractivity contribution in [2.75, 3.05) is 25.3 Å². The van der Waals surface area contributed by atoms with Crippen molar-refractivity contribution in [2.24, 2.45) is 0 Å². The second-order valence-corrected chi connectivity index (χ2v) is 7.24. The Morgan fingerprint density at radius 3 is 2.58 bits per heavy atom. The lowest BCUT2D eigenvalue weighted by atomic mass is 10.2. The van der Waals surface area contributed by atoms with Crippen LogP contribution in [-0.4, -0.2) is 35.8 Å². The summed E-state index contributed by atoms with van der Waals surface area (Å²) in [6.07, 6.45) is 2.04. The molecular weight excluding hydrogens is 344 g/mol. The van der Waals surface area contributed by atoms with Gasteiger partial charge in [-0.05, 0) is 36.1 Å². The summed E-state index contributed by atoms with van der Waals surface area (Å²) >= 11 is 1.71. The Bertz CT molecular complexity index is 886. The van der Waals surface area contributed by atoms with Crippen LogP contribution in [0.1, 0.15) is 11.4 Å². The van der Waals surface area contributed by atoms with E-state index in [1.807, 2.05) is 61.3 Å². The lowest BCUT2D eigenvalue weighted by molar-refractivity contribution is -0.121. The van der Waals surface area contributed by atoms with Crippen molar-refractivity contribution in [1.82, 2.24) is 14.9 Å². The first kappa shape index (κ1) is 18.3. The first-order valence-corrected chi connectivity index (χ1v) is 9.94. The van der Waals surface area contributed by atoms with E-state index in [1.165, 1.54) is 0 Å². The number of nitrogens with zero attached hydrogens (tertiary/aromatic N) is 3. The van der Waals surface area contributed by atoms with Gasteiger partial charge in [-0.15, -0.1) is 0 Å². The van der Waals surface area contributed by atoms with Crippen molar-refractivity contribution in [3.05, 3.63) is 59.9 Å². The summed E-state index contributed by atoms with van der Waals surface area (Å²) in [6, 6.07) is 16.2. The molecule has 1 N–H and O–H groups in total. The number of imidazole rings is 1. The second kappa shape index (κ2) is 8.27. The van der Waals surface area contributed by atoms with Crippen molar-refractivity contribution < 1.29 is 4.79 Å². The fraction of sp³-hybridized carbons (Fsp3) is 0.300. The van der Waals surface area contributed by atoms with Crippen LogP contribution in [0.5, 0.6) is 0 Å². The molecule has 1 aromatic heterocycles. The highest BCUT2D eigenvalue weighted by Gasteiger charge is 2.13. The molecule has 0 aliphatic rings. The fourth-order valence-electron chi connectivity index (χ4n) is 2.85. The molecule has 0 unspecified atom stereocenters. The second-order valence-electron chi connectivity index (χ2n) is 6.37. The average Bonchev–Trinajstić information content (AvgIpc) is 2.98. The summed E-state index contributed by atoms with van der Waals surface area (Å²) in [7, 11) is 4.02. The molecule has 0 radical (unpaired) electrons. The van der Waals surface area contributed by atoms with Crippen LogP contribution in [0, 0.1) is 0 Å². The number of carbonyl (C=O) groups is 1. The standard InChI is InChI=1S/C20H24N4OS/c1-23(2)16-10-8-15(9-11-16)12-21-20(25)13-24-18-7-5-4-6-17(18)22-19(24)14-26-3/h4-11H,12-14H2,1-3H3,(H,21,25). The Morgan fingerprint density at radius 2 is 1.88 bits per heavy atom. The lowest BCUT2D eigenvalue weighted by Gasteiger charge is -2.13. The lowest BCUT2D eigenvalue weighted by Crippen LogP contribution is -2.27.